The third kappa shape index (κ3) is 2.02. The predicted molar refractivity (Wildman–Crippen MR) is 55.1 cm³/mol. The van der Waals surface area contributed by atoms with Crippen molar-refractivity contribution in [2.75, 3.05) is 5.75 Å². The summed E-state index contributed by atoms with van der Waals surface area (Å²) in [5.41, 5.74) is 0. The van der Waals surface area contributed by atoms with Gasteiger partial charge in [0.15, 0.2) is 0 Å². The van der Waals surface area contributed by atoms with Gasteiger partial charge in [-0.25, -0.2) is 0 Å². The lowest BCUT2D eigenvalue weighted by Gasteiger charge is -2.06. The lowest BCUT2D eigenvalue weighted by atomic mass is 10.3. The molecule has 16 heavy (non-hydrogen) atoms. The molecule has 0 saturated carbocycles. The fourth-order valence-corrected chi connectivity index (χ4v) is 2.53. The van der Waals surface area contributed by atoms with Crippen molar-refractivity contribution in [1.82, 2.24) is 5.32 Å². The molecule has 2 atom stereocenters. The number of hydrogen-bond donors (Lipinski definition) is 2. The van der Waals surface area contributed by atoms with Crippen LogP contribution in [0, 0.1) is 10.1 Å². The number of hydrogen-bond acceptors (Lipinski definition) is 6. The van der Waals surface area contributed by atoms with Gasteiger partial charge in [-0.3, -0.25) is 20.2 Å². The summed E-state index contributed by atoms with van der Waals surface area (Å²) in [4.78, 5) is 20.4. The van der Waals surface area contributed by atoms with E-state index in [1.165, 1.54) is 23.9 Å². The largest absolute Gasteiger partial charge is 0.480 e. The van der Waals surface area contributed by atoms with E-state index in [4.69, 9.17) is 9.52 Å². The highest BCUT2D eigenvalue weighted by Crippen LogP contribution is 2.34. The van der Waals surface area contributed by atoms with E-state index in [0.717, 1.165) is 0 Å². The second-order valence-corrected chi connectivity index (χ2v) is 4.34. The van der Waals surface area contributed by atoms with E-state index in [9.17, 15) is 14.9 Å². The Balaban J connectivity index is 2.08. The predicted octanol–water partition coefficient (Wildman–Crippen LogP) is 0.976. The first-order valence-electron chi connectivity index (χ1n) is 4.42. The molecule has 1 aliphatic rings. The van der Waals surface area contributed by atoms with Gasteiger partial charge in [0.05, 0.1) is 6.07 Å². The van der Waals surface area contributed by atoms with Crippen molar-refractivity contribution < 1.29 is 19.2 Å². The quantitative estimate of drug-likeness (QED) is 0.602. The highest BCUT2D eigenvalue weighted by atomic mass is 32.2. The van der Waals surface area contributed by atoms with E-state index < -0.39 is 16.9 Å². The molecule has 0 aromatic carbocycles. The summed E-state index contributed by atoms with van der Waals surface area (Å²) in [7, 11) is 0. The zero-order valence-corrected chi connectivity index (χ0v) is 8.77. The van der Waals surface area contributed by atoms with Crippen LogP contribution in [-0.2, 0) is 4.79 Å². The second-order valence-electron chi connectivity index (χ2n) is 3.20. The monoisotopic (exact) mass is 244 g/mol. The molecule has 1 aromatic rings. The van der Waals surface area contributed by atoms with Crippen LogP contribution in [0.2, 0.25) is 0 Å². The maximum absolute atomic E-state index is 10.7. The fraction of sp³-hybridized carbons (Fsp3) is 0.375. The molecule has 2 heterocycles. The number of thioether (sulfide) groups is 1. The average Bonchev–Trinajstić information content (AvgIpc) is 2.86. The minimum atomic E-state index is -0.934. The third-order valence-corrected chi connectivity index (χ3v) is 3.36. The Labute approximate surface area is 94.0 Å². The molecule has 0 aliphatic carbocycles. The van der Waals surface area contributed by atoms with Gasteiger partial charge in [-0.15, -0.1) is 11.8 Å². The summed E-state index contributed by atoms with van der Waals surface area (Å²) < 4.78 is 4.98. The SMILES string of the molecule is O=C(O)C1CSC(c2ccc([N+](=O)[O-])o2)N1. The van der Waals surface area contributed by atoms with Crippen LogP contribution in [0.25, 0.3) is 0 Å². The molecule has 8 heteroatoms. The number of furan rings is 1. The van der Waals surface area contributed by atoms with Crippen molar-refractivity contribution in [3.8, 4) is 0 Å². The highest BCUT2D eigenvalue weighted by Gasteiger charge is 2.32. The zero-order valence-electron chi connectivity index (χ0n) is 7.95. The molecular formula is C8H8N2O5S. The van der Waals surface area contributed by atoms with Crippen molar-refractivity contribution in [2.24, 2.45) is 0 Å². The topological polar surface area (TPSA) is 106 Å². The molecule has 1 aromatic heterocycles. The Kier molecular flexibility index (Phi) is 2.84. The molecule has 7 nitrogen and oxygen atoms in total. The Hall–Kier alpha value is -1.54. The normalized spacial score (nSPS) is 24.5. The lowest BCUT2D eigenvalue weighted by molar-refractivity contribution is -0.402. The number of carboxylic acids is 1. The summed E-state index contributed by atoms with van der Waals surface area (Å²) in [6.07, 6.45) is 0. The van der Waals surface area contributed by atoms with Crippen molar-refractivity contribution in [3.05, 3.63) is 28.0 Å². The Morgan fingerprint density at radius 3 is 2.94 bits per heavy atom. The maximum atomic E-state index is 10.7. The number of nitro groups is 1. The molecule has 2 rings (SSSR count). The first-order valence-corrected chi connectivity index (χ1v) is 5.47. The summed E-state index contributed by atoms with van der Waals surface area (Å²) >= 11 is 1.35. The molecule has 1 saturated heterocycles. The van der Waals surface area contributed by atoms with E-state index in [1.54, 1.807) is 0 Å². The zero-order chi connectivity index (χ0) is 11.7. The van der Waals surface area contributed by atoms with Gasteiger partial charge < -0.3 is 9.52 Å². The van der Waals surface area contributed by atoms with E-state index >= 15 is 0 Å². The summed E-state index contributed by atoms with van der Waals surface area (Å²) in [5.74, 6) is -0.484. The maximum Gasteiger partial charge on any atom is 0.433 e. The van der Waals surface area contributed by atoms with Crippen molar-refractivity contribution >= 4 is 23.6 Å². The summed E-state index contributed by atoms with van der Waals surface area (Å²) in [6.45, 7) is 0. The third-order valence-electron chi connectivity index (χ3n) is 2.13. The molecule has 0 radical (unpaired) electrons. The van der Waals surface area contributed by atoms with Crippen molar-refractivity contribution in [1.29, 1.82) is 0 Å². The smallest absolute Gasteiger partial charge is 0.433 e. The van der Waals surface area contributed by atoms with Gasteiger partial charge in [-0.1, -0.05) is 0 Å². The van der Waals surface area contributed by atoms with Crippen molar-refractivity contribution in [2.45, 2.75) is 11.4 Å². The molecule has 0 spiro atoms. The molecule has 0 bridgehead atoms. The van der Waals surface area contributed by atoms with E-state index in [2.05, 4.69) is 5.32 Å². The van der Waals surface area contributed by atoms with Crippen LogP contribution in [0.4, 0.5) is 5.88 Å². The van der Waals surface area contributed by atoms with Gasteiger partial charge in [0.25, 0.3) is 0 Å². The van der Waals surface area contributed by atoms with Gasteiger partial charge >= 0.3 is 11.9 Å². The summed E-state index contributed by atoms with van der Waals surface area (Å²) in [6, 6.07) is 2.10. The molecule has 1 aliphatic heterocycles. The lowest BCUT2D eigenvalue weighted by Crippen LogP contribution is -2.33. The van der Waals surface area contributed by atoms with Crippen LogP contribution in [-0.4, -0.2) is 27.8 Å². The van der Waals surface area contributed by atoms with Gasteiger partial charge in [0.2, 0.25) is 0 Å². The van der Waals surface area contributed by atoms with Gasteiger partial charge in [-0.2, -0.15) is 0 Å². The van der Waals surface area contributed by atoms with E-state index in [0.29, 0.717) is 11.5 Å². The molecule has 86 valence electrons. The molecule has 2 N–H and O–H groups in total. The van der Waals surface area contributed by atoms with Crippen LogP contribution in [0.15, 0.2) is 16.5 Å². The van der Waals surface area contributed by atoms with Crippen LogP contribution in [0.1, 0.15) is 11.1 Å². The molecule has 2 unspecified atom stereocenters. The van der Waals surface area contributed by atoms with Crippen LogP contribution >= 0.6 is 11.8 Å². The highest BCUT2D eigenvalue weighted by molar-refractivity contribution is 7.99. The molecule has 1 fully saturated rings. The van der Waals surface area contributed by atoms with Crippen LogP contribution in [0.5, 0.6) is 0 Å². The van der Waals surface area contributed by atoms with Gasteiger partial charge in [0, 0.05) is 5.75 Å². The van der Waals surface area contributed by atoms with Gasteiger partial charge in [0.1, 0.15) is 22.1 Å². The van der Waals surface area contributed by atoms with E-state index in [-0.39, 0.29) is 11.3 Å². The minimum Gasteiger partial charge on any atom is -0.480 e. The van der Waals surface area contributed by atoms with Crippen molar-refractivity contribution in [3.63, 3.8) is 0 Å². The number of nitrogens with one attached hydrogen (secondary N) is 1. The number of carbonyl (C=O) groups is 1. The molecule has 0 amide bonds. The fourth-order valence-electron chi connectivity index (χ4n) is 1.36. The number of aliphatic carboxylic acids is 1. The van der Waals surface area contributed by atoms with Crippen LogP contribution < -0.4 is 5.32 Å². The second kappa shape index (κ2) is 4.14. The Morgan fingerprint density at radius 2 is 2.44 bits per heavy atom. The van der Waals surface area contributed by atoms with Gasteiger partial charge in [-0.05, 0) is 6.07 Å². The Morgan fingerprint density at radius 1 is 1.69 bits per heavy atom. The number of rotatable bonds is 3. The molecular weight excluding hydrogens is 236 g/mol. The number of nitrogens with zero attached hydrogens (tertiary/aromatic N) is 1. The number of carboxylic acid groups (broad SMARTS) is 1. The van der Waals surface area contributed by atoms with E-state index in [1.807, 2.05) is 0 Å². The average molecular weight is 244 g/mol. The first kappa shape index (κ1) is 11.0. The standard InChI is InChI=1S/C8H8N2O5S/c11-8(12)4-3-16-7(9-4)5-1-2-6(15-5)10(13)14/h1-2,4,7,9H,3H2,(H,11,12). The van der Waals surface area contributed by atoms with Crippen LogP contribution in [0.3, 0.4) is 0 Å². The first-order chi connectivity index (χ1) is 7.58. The summed E-state index contributed by atoms with van der Waals surface area (Å²) in [5, 5.41) is 21.6. The minimum absolute atomic E-state index is 0.337. The Bertz CT molecular complexity index is 432.